The van der Waals surface area contributed by atoms with Gasteiger partial charge in [-0.05, 0) is 18.9 Å². The van der Waals surface area contributed by atoms with E-state index in [2.05, 4.69) is 0 Å². The van der Waals surface area contributed by atoms with Crippen molar-refractivity contribution in [1.82, 2.24) is 0 Å². The van der Waals surface area contributed by atoms with E-state index < -0.39 is 11.6 Å². The molecule has 88 valence electrons. The number of hydrogen-bond acceptors (Lipinski definition) is 2. The van der Waals surface area contributed by atoms with E-state index in [1.165, 1.54) is 13.2 Å². The van der Waals surface area contributed by atoms with Gasteiger partial charge in [0.2, 0.25) is 0 Å². The molecule has 2 N–H and O–H groups in total. The van der Waals surface area contributed by atoms with Crippen LogP contribution in [0.2, 0.25) is 0 Å². The number of rotatable bonds is 3. The van der Waals surface area contributed by atoms with E-state index in [4.69, 9.17) is 10.5 Å². The summed E-state index contributed by atoms with van der Waals surface area (Å²) in [5.74, 6) is -1.00. The molecule has 0 unspecified atom stereocenters. The Kier molecular flexibility index (Phi) is 2.84. The first kappa shape index (κ1) is 11.3. The highest BCUT2D eigenvalue weighted by atomic mass is 19.1. The van der Waals surface area contributed by atoms with Crippen LogP contribution in [0.25, 0.3) is 0 Å². The second-order valence-corrected chi connectivity index (χ2v) is 4.31. The lowest BCUT2D eigenvalue weighted by atomic mass is 9.64. The zero-order valence-electron chi connectivity index (χ0n) is 9.22. The van der Waals surface area contributed by atoms with Crippen LogP contribution in [-0.4, -0.2) is 13.7 Å². The Balaban J connectivity index is 2.51. The van der Waals surface area contributed by atoms with Crippen LogP contribution in [0.3, 0.4) is 0 Å². The molecule has 1 fully saturated rings. The zero-order valence-corrected chi connectivity index (χ0v) is 9.22. The number of hydrogen-bond donors (Lipinski definition) is 1. The van der Waals surface area contributed by atoms with E-state index in [0.717, 1.165) is 25.3 Å². The molecular weight excluding hydrogens is 212 g/mol. The molecule has 2 rings (SSSR count). The smallest absolute Gasteiger partial charge is 0.169 e. The number of benzene rings is 1. The van der Waals surface area contributed by atoms with Gasteiger partial charge in [-0.3, -0.25) is 0 Å². The molecule has 0 amide bonds. The lowest BCUT2D eigenvalue weighted by molar-refractivity contribution is 0.240. The monoisotopic (exact) mass is 227 g/mol. The summed E-state index contributed by atoms with van der Waals surface area (Å²) in [6.45, 7) is 0.344. The van der Waals surface area contributed by atoms with Crippen molar-refractivity contribution in [2.24, 2.45) is 5.73 Å². The third-order valence-electron chi connectivity index (χ3n) is 3.50. The van der Waals surface area contributed by atoms with E-state index >= 15 is 0 Å². The van der Waals surface area contributed by atoms with E-state index in [0.29, 0.717) is 12.1 Å². The molecule has 4 heteroatoms. The van der Waals surface area contributed by atoms with Crippen LogP contribution in [0.5, 0.6) is 5.75 Å². The Bertz CT molecular complexity index is 397. The van der Waals surface area contributed by atoms with Crippen molar-refractivity contribution in [1.29, 1.82) is 0 Å². The van der Waals surface area contributed by atoms with Crippen molar-refractivity contribution in [3.63, 3.8) is 0 Å². The first-order valence-electron chi connectivity index (χ1n) is 5.36. The van der Waals surface area contributed by atoms with Gasteiger partial charge in [-0.15, -0.1) is 0 Å². The summed E-state index contributed by atoms with van der Waals surface area (Å²) in [6.07, 6.45) is 2.63. The minimum Gasteiger partial charge on any atom is -0.494 e. The Morgan fingerprint density at radius 3 is 2.50 bits per heavy atom. The summed E-state index contributed by atoms with van der Waals surface area (Å²) < 4.78 is 32.2. The van der Waals surface area contributed by atoms with Gasteiger partial charge < -0.3 is 10.5 Å². The normalized spacial score (nSPS) is 18.0. The fourth-order valence-electron chi connectivity index (χ4n) is 2.29. The van der Waals surface area contributed by atoms with Gasteiger partial charge in [0.25, 0.3) is 0 Å². The molecule has 1 aromatic carbocycles. The van der Waals surface area contributed by atoms with Crippen LogP contribution in [0.4, 0.5) is 8.78 Å². The lowest BCUT2D eigenvalue weighted by Gasteiger charge is -2.41. The van der Waals surface area contributed by atoms with Crippen LogP contribution >= 0.6 is 0 Å². The summed E-state index contributed by atoms with van der Waals surface area (Å²) in [4.78, 5) is 0. The van der Waals surface area contributed by atoms with E-state index in [9.17, 15) is 8.78 Å². The lowest BCUT2D eigenvalue weighted by Crippen LogP contribution is -2.42. The SMILES string of the molecule is COc1cc(F)cc(C2(CN)CCC2)c1F. The molecule has 0 saturated heterocycles. The average molecular weight is 227 g/mol. The molecule has 2 nitrogen and oxygen atoms in total. The second kappa shape index (κ2) is 4.01. The maximum atomic E-state index is 14.0. The molecule has 0 bridgehead atoms. The van der Waals surface area contributed by atoms with E-state index in [1.807, 2.05) is 0 Å². The van der Waals surface area contributed by atoms with Crippen molar-refractivity contribution >= 4 is 0 Å². The minimum atomic E-state index is -0.479. The second-order valence-electron chi connectivity index (χ2n) is 4.31. The van der Waals surface area contributed by atoms with E-state index in [1.54, 1.807) is 0 Å². The van der Waals surface area contributed by atoms with Crippen LogP contribution < -0.4 is 10.5 Å². The topological polar surface area (TPSA) is 35.2 Å². The highest BCUT2D eigenvalue weighted by molar-refractivity contribution is 5.38. The van der Waals surface area contributed by atoms with Gasteiger partial charge in [0.15, 0.2) is 11.6 Å². The van der Waals surface area contributed by atoms with Crippen molar-refractivity contribution in [2.75, 3.05) is 13.7 Å². The molecule has 0 aliphatic heterocycles. The maximum Gasteiger partial charge on any atom is 0.169 e. The molecular formula is C12H15F2NO. The van der Waals surface area contributed by atoms with Gasteiger partial charge >= 0.3 is 0 Å². The zero-order chi connectivity index (χ0) is 11.8. The number of ether oxygens (including phenoxy) is 1. The highest BCUT2D eigenvalue weighted by Gasteiger charge is 2.40. The number of nitrogens with two attached hydrogens (primary N) is 1. The van der Waals surface area contributed by atoms with Crippen LogP contribution in [0, 0.1) is 11.6 Å². The first-order chi connectivity index (χ1) is 7.63. The van der Waals surface area contributed by atoms with Crippen molar-refractivity contribution in [3.8, 4) is 5.75 Å². The number of halogens is 2. The summed E-state index contributed by atoms with van der Waals surface area (Å²) in [5.41, 5.74) is 5.65. The third kappa shape index (κ3) is 1.57. The quantitative estimate of drug-likeness (QED) is 0.860. The molecule has 0 radical (unpaired) electrons. The van der Waals surface area contributed by atoms with Gasteiger partial charge in [-0.2, -0.15) is 0 Å². The predicted octanol–water partition coefficient (Wildman–Crippen LogP) is 2.35. The number of methoxy groups -OCH3 is 1. The maximum absolute atomic E-state index is 14.0. The van der Waals surface area contributed by atoms with Gasteiger partial charge in [0.1, 0.15) is 5.82 Å². The fourth-order valence-corrected chi connectivity index (χ4v) is 2.29. The van der Waals surface area contributed by atoms with Crippen molar-refractivity contribution in [3.05, 3.63) is 29.3 Å². The van der Waals surface area contributed by atoms with Gasteiger partial charge in [0.05, 0.1) is 7.11 Å². The molecule has 1 aliphatic rings. The predicted molar refractivity (Wildman–Crippen MR) is 57.5 cm³/mol. The summed E-state index contributed by atoms with van der Waals surface area (Å²) in [6, 6.07) is 2.30. The summed E-state index contributed by atoms with van der Waals surface area (Å²) >= 11 is 0. The van der Waals surface area contributed by atoms with Crippen LogP contribution in [0.1, 0.15) is 24.8 Å². The summed E-state index contributed by atoms with van der Waals surface area (Å²) in [7, 11) is 1.33. The van der Waals surface area contributed by atoms with Crippen molar-refractivity contribution < 1.29 is 13.5 Å². The third-order valence-corrected chi connectivity index (χ3v) is 3.50. The molecule has 0 atom stereocenters. The molecule has 1 aliphatic carbocycles. The first-order valence-corrected chi connectivity index (χ1v) is 5.36. The summed E-state index contributed by atoms with van der Waals surface area (Å²) in [5, 5.41) is 0. The van der Waals surface area contributed by atoms with Gasteiger partial charge in [0, 0.05) is 23.6 Å². The molecule has 1 aromatic rings. The van der Waals surface area contributed by atoms with Crippen molar-refractivity contribution in [2.45, 2.75) is 24.7 Å². The Morgan fingerprint density at radius 1 is 1.38 bits per heavy atom. The van der Waals surface area contributed by atoms with Crippen LogP contribution in [-0.2, 0) is 5.41 Å². The standard InChI is InChI=1S/C12H15F2NO/c1-16-10-6-8(13)5-9(11(10)14)12(7-15)3-2-4-12/h5-6H,2-4,7,15H2,1H3. The highest BCUT2D eigenvalue weighted by Crippen LogP contribution is 2.45. The largest absolute Gasteiger partial charge is 0.494 e. The minimum absolute atomic E-state index is 0.0466. The Labute approximate surface area is 93.4 Å². The van der Waals surface area contributed by atoms with E-state index in [-0.39, 0.29) is 11.2 Å². The fraction of sp³-hybridized carbons (Fsp3) is 0.500. The Hall–Kier alpha value is -1.16. The molecule has 0 spiro atoms. The molecule has 0 heterocycles. The average Bonchev–Trinajstić information content (AvgIpc) is 2.21. The molecule has 16 heavy (non-hydrogen) atoms. The van der Waals surface area contributed by atoms with Gasteiger partial charge in [-0.25, -0.2) is 8.78 Å². The van der Waals surface area contributed by atoms with Crippen LogP contribution in [0.15, 0.2) is 12.1 Å². The van der Waals surface area contributed by atoms with Gasteiger partial charge in [-0.1, -0.05) is 6.42 Å². The molecule has 0 aromatic heterocycles. The Morgan fingerprint density at radius 2 is 2.06 bits per heavy atom. The molecule has 1 saturated carbocycles.